The number of hydrogen-bond donors (Lipinski definition) is 1. The molecule has 4 nitrogen and oxygen atoms in total. The van der Waals surface area contributed by atoms with Crippen LogP contribution >= 0.6 is 11.6 Å². The van der Waals surface area contributed by atoms with Crippen LogP contribution in [0.3, 0.4) is 0 Å². The number of hydrogen-bond acceptors (Lipinski definition) is 3. The number of aromatic nitrogens is 1. The number of ether oxygens (including phenoxy) is 2. The molecule has 112 valence electrons. The smallest absolute Gasteiger partial charge is 0.354 e. The zero-order valence-corrected chi connectivity index (χ0v) is 12.7. The van der Waals surface area contributed by atoms with Gasteiger partial charge in [0.1, 0.15) is 18.1 Å². The Morgan fingerprint density at radius 3 is 2.68 bits per heavy atom. The predicted molar refractivity (Wildman–Crippen MR) is 85.4 cm³/mol. The van der Waals surface area contributed by atoms with Gasteiger partial charge in [-0.05, 0) is 23.8 Å². The number of carbonyl (C=O) groups is 1. The van der Waals surface area contributed by atoms with Crippen LogP contribution in [0.15, 0.2) is 48.5 Å². The van der Waals surface area contributed by atoms with Gasteiger partial charge in [-0.2, -0.15) is 0 Å². The Labute approximate surface area is 132 Å². The SMILES string of the molecule is COC(=O)c1cc2c(Cl)ccc(OCc3ccccc3)c2[nH]1. The molecule has 1 heterocycles. The molecule has 1 aromatic heterocycles. The fourth-order valence-corrected chi connectivity index (χ4v) is 2.45. The molecule has 2 aromatic carbocycles. The van der Waals surface area contributed by atoms with Gasteiger partial charge in [0.2, 0.25) is 0 Å². The molecule has 0 fully saturated rings. The number of H-pyrrole nitrogens is 1. The van der Waals surface area contributed by atoms with Crippen LogP contribution < -0.4 is 4.74 Å². The second-order valence-electron chi connectivity index (χ2n) is 4.78. The molecule has 3 aromatic rings. The van der Waals surface area contributed by atoms with E-state index < -0.39 is 5.97 Å². The largest absolute Gasteiger partial charge is 0.487 e. The molecule has 0 amide bonds. The number of carbonyl (C=O) groups excluding carboxylic acids is 1. The molecule has 0 spiro atoms. The highest BCUT2D eigenvalue weighted by molar-refractivity contribution is 6.35. The number of methoxy groups -OCH3 is 1. The average Bonchev–Trinajstić information content (AvgIpc) is 3.01. The quantitative estimate of drug-likeness (QED) is 0.735. The number of halogens is 1. The van der Waals surface area contributed by atoms with Crippen molar-refractivity contribution in [2.45, 2.75) is 6.61 Å². The van der Waals surface area contributed by atoms with E-state index in [0.717, 1.165) is 10.9 Å². The molecule has 0 aliphatic carbocycles. The third kappa shape index (κ3) is 2.78. The number of aromatic amines is 1. The first-order valence-electron chi connectivity index (χ1n) is 6.75. The maximum absolute atomic E-state index is 11.6. The topological polar surface area (TPSA) is 51.3 Å². The number of nitrogens with one attached hydrogen (secondary N) is 1. The van der Waals surface area contributed by atoms with Crippen molar-refractivity contribution < 1.29 is 14.3 Å². The van der Waals surface area contributed by atoms with Gasteiger partial charge in [0.05, 0.1) is 17.6 Å². The van der Waals surface area contributed by atoms with Gasteiger partial charge in [-0.3, -0.25) is 0 Å². The Balaban J connectivity index is 1.94. The van der Waals surface area contributed by atoms with Crippen molar-refractivity contribution >= 4 is 28.5 Å². The normalized spacial score (nSPS) is 10.6. The molecule has 5 heteroatoms. The average molecular weight is 316 g/mol. The third-order valence-electron chi connectivity index (χ3n) is 3.34. The van der Waals surface area contributed by atoms with E-state index >= 15 is 0 Å². The first-order valence-corrected chi connectivity index (χ1v) is 7.13. The Kier molecular flexibility index (Phi) is 4.02. The van der Waals surface area contributed by atoms with E-state index in [4.69, 9.17) is 21.1 Å². The minimum Gasteiger partial charge on any atom is -0.487 e. The third-order valence-corrected chi connectivity index (χ3v) is 3.67. The van der Waals surface area contributed by atoms with Gasteiger partial charge in [-0.15, -0.1) is 0 Å². The van der Waals surface area contributed by atoms with Gasteiger partial charge < -0.3 is 14.5 Å². The van der Waals surface area contributed by atoms with Gasteiger partial charge in [-0.25, -0.2) is 4.79 Å². The summed E-state index contributed by atoms with van der Waals surface area (Å²) in [5.41, 5.74) is 2.09. The fraction of sp³-hybridized carbons (Fsp3) is 0.118. The minimum absolute atomic E-state index is 0.343. The van der Waals surface area contributed by atoms with E-state index in [2.05, 4.69) is 4.98 Å². The zero-order chi connectivity index (χ0) is 15.5. The maximum atomic E-state index is 11.6. The first kappa shape index (κ1) is 14.5. The molecule has 0 bridgehead atoms. The van der Waals surface area contributed by atoms with Crippen LogP contribution in [0.5, 0.6) is 5.75 Å². The number of esters is 1. The zero-order valence-electron chi connectivity index (χ0n) is 11.9. The number of benzene rings is 2. The summed E-state index contributed by atoms with van der Waals surface area (Å²) in [5.74, 6) is 0.194. The summed E-state index contributed by atoms with van der Waals surface area (Å²) in [6.07, 6.45) is 0. The number of rotatable bonds is 4. The van der Waals surface area contributed by atoms with Crippen molar-refractivity contribution in [3.8, 4) is 5.75 Å². The van der Waals surface area contributed by atoms with Gasteiger partial charge >= 0.3 is 5.97 Å². The summed E-state index contributed by atoms with van der Waals surface area (Å²) in [4.78, 5) is 14.7. The molecule has 0 saturated carbocycles. The van der Waals surface area contributed by atoms with Crippen molar-refractivity contribution in [2.75, 3.05) is 7.11 Å². The molecule has 0 saturated heterocycles. The lowest BCUT2D eigenvalue weighted by molar-refractivity contribution is 0.0595. The monoisotopic (exact) mass is 315 g/mol. The molecular formula is C17H14ClNO3. The Morgan fingerprint density at radius 1 is 1.18 bits per heavy atom. The van der Waals surface area contributed by atoms with Crippen LogP contribution in [0.25, 0.3) is 10.9 Å². The highest BCUT2D eigenvalue weighted by Crippen LogP contribution is 2.32. The van der Waals surface area contributed by atoms with Crippen molar-refractivity contribution in [1.29, 1.82) is 0 Å². The predicted octanol–water partition coefficient (Wildman–Crippen LogP) is 4.19. The molecule has 0 radical (unpaired) electrons. The van der Waals surface area contributed by atoms with Gasteiger partial charge in [-0.1, -0.05) is 41.9 Å². The summed E-state index contributed by atoms with van der Waals surface area (Å²) in [7, 11) is 1.34. The summed E-state index contributed by atoms with van der Waals surface area (Å²) in [5, 5.41) is 1.28. The van der Waals surface area contributed by atoms with Crippen LogP contribution in [-0.4, -0.2) is 18.1 Å². The molecule has 1 N–H and O–H groups in total. The molecule has 3 rings (SSSR count). The Bertz CT molecular complexity index is 811. The van der Waals surface area contributed by atoms with E-state index in [1.807, 2.05) is 30.3 Å². The van der Waals surface area contributed by atoms with E-state index in [0.29, 0.717) is 28.6 Å². The van der Waals surface area contributed by atoms with Gasteiger partial charge in [0.25, 0.3) is 0 Å². The van der Waals surface area contributed by atoms with Crippen LogP contribution in [0.1, 0.15) is 16.1 Å². The van der Waals surface area contributed by atoms with Crippen LogP contribution in [0.2, 0.25) is 5.02 Å². The lowest BCUT2D eigenvalue weighted by atomic mass is 10.2. The summed E-state index contributed by atoms with van der Waals surface area (Å²) < 4.78 is 10.6. The van der Waals surface area contributed by atoms with Crippen molar-refractivity contribution in [2.24, 2.45) is 0 Å². The molecule has 22 heavy (non-hydrogen) atoms. The molecule has 0 aliphatic rings. The standard InChI is InChI=1S/C17H14ClNO3/c1-21-17(20)14-9-12-13(18)7-8-15(16(12)19-14)22-10-11-5-3-2-4-6-11/h2-9,19H,10H2,1H3. The van der Waals surface area contributed by atoms with Crippen LogP contribution in [0, 0.1) is 0 Å². The van der Waals surface area contributed by atoms with Crippen LogP contribution in [0.4, 0.5) is 0 Å². The second kappa shape index (κ2) is 6.12. The van der Waals surface area contributed by atoms with E-state index in [1.165, 1.54) is 7.11 Å². The fourth-order valence-electron chi connectivity index (χ4n) is 2.23. The lowest BCUT2D eigenvalue weighted by Gasteiger charge is -2.08. The minimum atomic E-state index is -0.443. The highest BCUT2D eigenvalue weighted by atomic mass is 35.5. The van der Waals surface area contributed by atoms with E-state index in [1.54, 1.807) is 18.2 Å². The van der Waals surface area contributed by atoms with E-state index in [-0.39, 0.29) is 0 Å². The van der Waals surface area contributed by atoms with Gasteiger partial charge in [0.15, 0.2) is 0 Å². The van der Waals surface area contributed by atoms with Crippen molar-refractivity contribution in [1.82, 2.24) is 4.98 Å². The molecular weight excluding hydrogens is 302 g/mol. The second-order valence-corrected chi connectivity index (χ2v) is 5.19. The number of fused-ring (bicyclic) bond motifs is 1. The molecule has 0 unspecified atom stereocenters. The molecule has 0 aliphatic heterocycles. The summed E-state index contributed by atoms with van der Waals surface area (Å²) in [6.45, 7) is 0.435. The highest BCUT2D eigenvalue weighted by Gasteiger charge is 2.14. The molecule has 0 atom stereocenters. The lowest BCUT2D eigenvalue weighted by Crippen LogP contribution is -2.00. The first-order chi connectivity index (χ1) is 10.7. The Morgan fingerprint density at radius 2 is 1.95 bits per heavy atom. The van der Waals surface area contributed by atoms with E-state index in [9.17, 15) is 4.79 Å². The van der Waals surface area contributed by atoms with Crippen molar-refractivity contribution in [3.05, 3.63) is 64.8 Å². The summed E-state index contributed by atoms with van der Waals surface area (Å²) >= 11 is 6.18. The van der Waals surface area contributed by atoms with Crippen molar-refractivity contribution in [3.63, 3.8) is 0 Å². The summed E-state index contributed by atoms with van der Waals surface area (Å²) in [6, 6.07) is 15.0. The Hall–Kier alpha value is -2.46. The maximum Gasteiger partial charge on any atom is 0.354 e. The van der Waals surface area contributed by atoms with Crippen LogP contribution in [-0.2, 0) is 11.3 Å². The van der Waals surface area contributed by atoms with Gasteiger partial charge in [0, 0.05) is 5.39 Å².